The van der Waals surface area contributed by atoms with Gasteiger partial charge in [-0.15, -0.1) is 11.3 Å². The molecule has 3 rings (SSSR count). The van der Waals surface area contributed by atoms with Crippen molar-refractivity contribution in [3.8, 4) is 0 Å². The molecule has 0 bridgehead atoms. The Labute approximate surface area is 133 Å². The number of hydrogen-bond acceptors (Lipinski definition) is 6. The monoisotopic (exact) mass is 320 g/mol. The number of aromatic nitrogens is 4. The van der Waals surface area contributed by atoms with Gasteiger partial charge < -0.3 is 5.32 Å². The van der Waals surface area contributed by atoms with Crippen LogP contribution >= 0.6 is 11.3 Å². The van der Waals surface area contributed by atoms with Gasteiger partial charge >= 0.3 is 0 Å². The highest BCUT2D eigenvalue weighted by atomic mass is 32.1. The van der Waals surface area contributed by atoms with Crippen molar-refractivity contribution in [1.82, 2.24) is 24.6 Å². The minimum Gasteiger partial charge on any atom is -0.301 e. The molecule has 3 heterocycles. The van der Waals surface area contributed by atoms with Gasteiger partial charge in [0.15, 0.2) is 5.13 Å². The minimum atomic E-state index is -0.000148. The summed E-state index contributed by atoms with van der Waals surface area (Å²) in [5.41, 5.74) is 0.933. The third-order valence-electron chi connectivity index (χ3n) is 3.83. The first kappa shape index (κ1) is 15.1. The smallest absolute Gasteiger partial charge is 0.240 e. The summed E-state index contributed by atoms with van der Waals surface area (Å²) in [6.45, 7) is 4.05. The number of anilines is 1. The van der Waals surface area contributed by atoms with Crippen molar-refractivity contribution in [1.29, 1.82) is 0 Å². The van der Waals surface area contributed by atoms with Crippen molar-refractivity contribution in [3.05, 3.63) is 23.7 Å². The molecular weight excluding hydrogens is 300 g/mol. The molecule has 1 saturated heterocycles. The summed E-state index contributed by atoms with van der Waals surface area (Å²) in [5.74, 6) is -0.000148. The number of amides is 1. The van der Waals surface area contributed by atoms with Gasteiger partial charge in [-0.2, -0.15) is 5.10 Å². The maximum Gasteiger partial charge on any atom is 0.240 e. The van der Waals surface area contributed by atoms with Crippen molar-refractivity contribution < 1.29 is 4.79 Å². The number of likely N-dealkylation sites (tertiary alicyclic amines) is 1. The zero-order valence-electron chi connectivity index (χ0n) is 12.6. The van der Waals surface area contributed by atoms with E-state index in [1.165, 1.54) is 17.8 Å². The molecule has 0 saturated carbocycles. The number of rotatable bonds is 5. The van der Waals surface area contributed by atoms with Crippen molar-refractivity contribution >= 4 is 22.4 Å². The van der Waals surface area contributed by atoms with Gasteiger partial charge in [-0.05, 0) is 26.3 Å². The van der Waals surface area contributed by atoms with Crippen molar-refractivity contribution in [2.75, 3.05) is 18.4 Å². The van der Waals surface area contributed by atoms with Gasteiger partial charge in [0.2, 0.25) is 5.91 Å². The third kappa shape index (κ3) is 3.89. The second kappa shape index (κ2) is 6.97. The standard InChI is InChI=1S/C14H20N6OS/c1-11-8-22-14(17-11)18-13(21)7-19-5-3-2-4-12(19)6-20-10-15-9-16-20/h8-10,12H,2-7H2,1H3,(H,17,18,21). The number of nitrogens with zero attached hydrogens (tertiary/aromatic N) is 5. The first-order chi connectivity index (χ1) is 10.7. The van der Waals surface area contributed by atoms with E-state index in [1.807, 2.05) is 17.0 Å². The van der Waals surface area contributed by atoms with E-state index in [0.717, 1.165) is 31.6 Å². The van der Waals surface area contributed by atoms with Crippen LogP contribution in [0.4, 0.5) is 5.13 Å². The van der Waals surface area contributed by atoms with E-state index >= 15 is 0 Å². The zero-order valence-corrected chi connectivity index (χ0v) is 13.4. The molecule has 0 aromatic carbocycles. The average molecular weight is 320 g/mol. The molecule has 2 aromatic rings. The van der Waals surface area contributed by atoms with E-state index in [2.05, 4.69) is 25.3 Å². The second-order valence-corrected chi connectivity index (χ2v) is 6.44. The topological polar surface area (TPSA) is 75.9 Å². The summed E-state index contributed by atoms with van der Waals surface area (Å²) in [7, 11) is 0. The van der Waals surface area contributed by atoms with E-state index < -0.39 is 0 Å². The highest BCUT2D eigenvalue weighted by Gasteiger charge is 2.25. The molecule has 1 fully saturated rings. The number of nitrogens with one attached hydrogen (secondary N) is 1. The van der Waals surface area contributed by atoms with Crippen LogP contribution in [-0.4, -0.2) is 49.7 Å². The Hall–Kier alpha value is -1.80. The van der Waals surface area contributed by atoms with E-state index in [1.54, 1.807) is 12.7 Å². The van der Waals surface area contributed by atoms with E-state index in [0.29, 0.717) is 17.7 Å². The fraction of sp³-hybridized carbons (Fsp3) is 0.571. The van der Waals surface area contributed by atoms with E-state index in [9.17, 15) is 4.79 Å². The highest BCUT2D eigenvalue weighted by molar-refractivity contribution is 7.13. The summed E-state index contributed by atoms with van der Waals surface area (Å²) >= 11 is 1.46. The van der Waals surface area contributed by atoms with Gasteiger partial charge in [0.05, 0.1) is 18.8 Å². The fourth-order valence-electron chi connectivity index (χ4n) is 2.77. The molecule has 118 valence electrons. The fourth-order valence-corrected chi connectivity index (χ4v) is 3.48. The maximum absolute atomic E-state index is 12.2. The Bertz CT molecular complexity index is 611. The highest BCUT2D eigenvalue weighted by Crippen LogP contribution is 2.19. The maximum atomic E-state index is 12.2. The predicted molar refractivity (Wildman–Crippen MR) is 84.7 cm³/mol. The van der Waals surface area contributed by atoms with Crippen LogP contribution in [0.2, 0.25) is 0 Å². The van der Waals surface area contributed by atoms with Crippen LogP contribution in [0.5, 0.6) is 0 Å². The summed E-state index contributed by atoms with van der Waals surface area (Å²) in [6.07, 6.45) is 6.69. The van der Waals surface area contributed by atoms with Gasteiger partial charge in [0.25, 0.3) is 0 Å². The van der Waals surface area contributed by atoms with Crippen LogP contribution < -0.4 is 5.32 Å². The Morgan fingerprint density at radius 1 is 1.50 bits per heavy atom. The predicted octanol–water partition coefficient (Wildman–Crippen LogP) is 1.54. The lowest BCUT2D eigenvalue weighted by Gasteiger charge is -2.34. The molecule has 7 nitrogen and oxygen atoms in total. The lowest BCUT2D eigenvalue weighted by atomic mass is 10.0. The zero-order chi connectivity index (χ0) is 15.4. The molecule has 1 aliphatic rings. The molecule has 1 unspecified atom stereocenters. The number of aryl methyl sites for hydroxylation is 1. The summed E-state index contributed by atoms with van der Waals surface area (Å²) in [6, 6.07) is 0.333. The van der Waals surface area contributed by atoms with Crippen molar-refractivity contribution in [3.63, 3.8) is 0 Å². The van der Waals surface area contributed by atoms with Gasteiger partial charge in [-0.1, -0.05) is 6.42 Å². The van der Waals surface area contributed by atoms with E-state index in [4.69, 9.17) is 0 Å². The first-order valence-corrected chi connectivity index (χ1v) is 8.37. The SMILES string of the molecule is Cc1csc(NC(=O)CN2CCCCC2Cn2cncn2)n1. The van der Waals surface area contributed by atoms with E-state index in [-0.39, 0.29) is 5.91 Å². The Morgan fingerprint density at radius 2 is 2.41 bits per heavy atom. The molecule has 2 aromatic heterocycles. The number of carbonyl (C=O) groups is 1. The van der Waals surface area contributed by atoms with Gasteiger partial charge in [-0.3, -0.25) is 14.4 Å². The molecule has 8 heteroatoms. The summed E-state index contributed by atoms with van der Waals surface area (Å²) in [4.78, 5) is 22.7. The molecule has 1 aliphatic heterocycles. The van der Waals surface area contributed by atoms with Crippen LogP contribution in [0.1, 0.15) is 25.0 Å². The Morgan fingerprint density at radius 3 is 3.14 bits per heavy atom. The number of carbonyl (C=O) groups excluding carboxylic acids is 1. The third-order valence-corrected chi connectivity index (χ3v) is 4.70. The van der Waals surface area contributed by atoms with Crippen molar-refractivity contribution in [2.45, 2.75) is 38.8 Å². The Kier molecular flexibility index (Phi) is 4.79. The van der Waals surface area contributed by atoms with Crippen LogP contribution in [0.3, 0.4) is 0 Å². The van der Waals surface area contributed by atoms with Gasteiger partial charge in [0.1, 0.15) is 12.7 Å². The second-order valence-electron chi connectivity index (χ2n) is 5.58. The largest absolute Gasteiger partial charge is 0.301 e. The summed E-state index contributed by atoms with van der Waals surface area (Å²) < 4.78 is 1.84. The molecule has 1 N–H and O–H groups in total. The van der Waals surface area contributed by atoms with Crippen LogP contribution in [0.15, 0.2) is 18.0 Å². The molecule has 0 spiro atoms. The quantitative estimate of drug-likeness (QED) is 0.904. The number of piperidine rings is 1. The molecule has 0 radical (unpaired) electrons. The number of thiazole rings is 1. The summed E-state index contributed by atoms with van der Waals surface area (Å²) in [5, 5.41) is 9.65. The molecule has 1 atom stereocenters. The lowest BCUT2D eigenvalue weighted by Crippen LogP contribution is -2.46. The molecule has 22 heavy (non-hydrogen) atoms. The molecule has 1 amide bonds. The lowest BCUT2D eigenvalue weighted by molar-refractivity contribution is -0.118. The molecular formula is C14H20N6OS. The van der Waals surface area contributed by atoms with Crippen LogP contribution in [-0.2, 0) is 11.3 Å². The van der Waals surface area contributed by atoms with Crippen LogP contribution in [0.25, 0.3) is 0 Å². The van der Waals surface area contributed by atoms with Gasteiger partial charge in [-0.25, -0.2) is 9.97 Å². The van der Waals surface area contributed by atoms with Gasteiger partial charge in [0, 0.05) is 11.4 Å². The van der Waals surface area contributed by atoms with Crippen molar-refractivity contribution in [2.24, 2.45) is 0 Å². The molecule has 0 aliphatic carbocycles. The normalized spacial score (nSPS) is 19.2. The minimum absolute atomic E-state index is 0.000148. The Balaban J connectivity index is 1.57. The number of hydrogen-bond donors (Lipinski definition) is 1. The first-order valence-electron chi connectivity index (χ1n) is 7.49. The van der Waals surface area contributed by atoms with Crippen LogP contribution in [0, 0.1) is 6.92 Å². The average Bonchev–Trinajstić information content (AvgIpc) is 3.13.